The lowest BCUT2D eigenvalue weighted by molar-refractivity contribution is -0.174. The van der Waals surface area contributed by atoms with Crippen molar-refractivity contribution >= 4 is 22.1 Å². The van der Waals surface area contributed by atoms with Gasteiger partial charge in [0, 0.05) is 12.0 Å². The minimum atomic E-state index is -6.14. The minimum Gasteiger partial charge on any atom is -0.458 e. The van der Waals surface area contributed by atoms with Crippen LogP contribution in [-0.2, 0) is 29.2 Å². The molecule has 0 aliphatic rings. The van der Waals surface area contributed by atoms with Crippen LogP contribution in [0.1, 0.15) is 13.3 Å². The van der Waals surface area contributed by atoms with Crippen LogP contribution in [0.25, 0.3) is 0 Å². The second-order valence-corrected chi connectivity index (χ2v) is 5.49. The molecule has 0 fully saturated rings. The summed E-state index contributed by atoms with van der Waals surface area (Å²) in [5, 5.41) is -5.34. The molecule has 1 atom stereocenters. The maximum absolute atomic E-state index is 12.9. The molecule has 0 saturated heterocycles. The highest BCUT2D eigenvalue weighted by molar-refractivity contribution is 7.87. The summed E-state index contributed by atoms with van der Waals surface area (Å²) in [6.07, 6.45) is -6.46. The number of alkyl halides is 4. The zero-order chi connectivity index (χ0) is 17.7. The van der Waals surface area contributed by atoms with Gasteiger partial charge >= 0.3 is 27.3 Å². The van der Waals surface area contributed by atoms with Gasteiger partial charge in [-0.25, -0.2) is 18.4 Å². The fourth-order valence-electron chi connectivity index (χ4n) is 0.966. The van der Waals surface area contributed by atoms with Gasteiger partial charge in [0.05, 0.1) is 0 Å². The first-order chi connectivity index (χ1) is 9.79. The Bertz CT molecular complexity index is 543. The van der Waals surface area contributed by atoms with Crippen molar-refractivity contribution in [2.24, 2.45) is 0 Å². The highest BCUT2D eigenvalue weighted by Gasteiger charge is 2.55. The summed E-state index contributed by atoms with van der Waals surface area (Å²) in [7, 11) is -6.14. The van der Waals surface area contributed by atoms with Gasteiger partial charge in [-0.3, -0.25) is 4.55 Å². The number of ether oxygens (including phenoxy) is 2. The van der Waals surface area contributed by atoms with Crippen molar-refractivity contribution in [3.8, 4) is 0 Å². The predicted octanol–water partition coefficient (Wildman–Crippen LogP) is 1.15. The third-order valence-electron chi connectivity index (χ3n) is 2.03. The molecular weight excluding hydrogens is 340 g/mol. The standard InChI is InChI=1S/C10H12F4O7S/c1-5(2)8(15)20-4-6(3-7(11)12)21-9(16)10(13,14)22(17,18)19/h6-7H,1,3-4H2,2H3,(H,17,18,19). The van der Waals surface area contributed by atoms with E-state index in [4.69, 9.17) is 4.55 Å². The molecule has 22 heavy (non-hydrogen) atoms. The second-order valence-electron chi connectivity index (χ2n) is 4.02. The quantitative estimate of drug-likeness (QED) is 0.302. The Morgan fingerprint density at radius 3 is 2.18 bits per heavy atom. The van der Waals surface area contributed by atoms with Crippen LogP contribution in [0.2, 0.25) is 0 Å². The lowest BCUT2D eigenvalue weighted by Crippen LogP contribution is -2.42. The Kier molecular flexibility index (Phi) is 6.96. The van der Waals surface area contributed by atoms with Gasteiger partial charge in [-0.15, -0.1) is 0 Å². The number of hydrogen-bond donors (Lipinski definition) is 1. The lowest BCUT2D eigenvalue weighted by Gasteiger charge is -2.20. The molecule has 0 aromatic carbocycles. The smallest absolute Gasteiger partial charge is 0.458 e. The van der Waals surface area contributed by atoms with Crippen LogP contribution in [0.4, 0.5) is 17.6 Å². The average Bonchev–Trinajstić information content (AvgIpc) is 2.32. The Morgan fingerprint density at radius 2 is 1.82 bits per heavy atom. The van der Waals surface area contributed by atoms with Crippen molar-refractivity contribution in [3.63, 3.8) is 0 Å². The lowest BCUT2D eigenvalue weighted by atomic mass is 10.2. The van der Waals surface area contributed by atoms with Crippen LogP contribution >= 0.6 is 0 Å². The molecule has 128 valence electrons. The molecule has 0 heterocycles. The second kappa shape index (κ2) is 7.54. The number of carbonyl (C=O) groups excluding carboxylic acids is 2. The molecule has 0 bridgehead atoms. The van der Waals surface area contributed by atoms with Gasteiger partial charge in [-0.1, -0.05) is 6.58 Å². The number of esters is 2. The number of carbonyl (C=O) groups is 2. The molecule has 0 rings (SSSR count). The van der Waals surface area contributed by atoms with E-state index in [2.05, 4.69) is 16.1 Å². The van der Waals surface area contributed by atoms with E-state index in [1.54, 1.807) is 0 Å². The van der Waals surface area contributed by atoms with E-state index in [1.165, 1.54) is 6.92 Å². The van der Waals surface area contributed by atoms with Crippen molar-refractivity contribution in [2.45, 2.75) is 31.1 Å². The Balaban J connectivity index is 4.96. The average molecular weight is 352 g/mol. The Morgan fingerprint density at radius 1 is 1.32 bits per heavy atom. The van der Waals surface area contributed by atoms with E-state index < -0.39 is 52.9 Å². The van der Waals surface area contributed by atoms with Crippen LogP contribution < -0.4 is 0 Å². The highest BCUT2D eigenvalue weighted by Crippen LogP contribution is 2.24. The third-order valence-corrected chi connectivity index (χ3v) is 2.84. The summed E-state index contributed by atoms with van der Waals surface area (Å²) in [6.45, 7) is 3.35. The number of hydrogen-bond acceptors (Lipinski definition) is 6. The van der Waals surface area contributed by atoms with Gasteiger partial charge in [0.15, 0.2) is 0 Å². The minimum absolute atomic E-state index is 0.134. The SMILES string of the molecule is C=C(C)C(=O)OCC(CC(F)F)OC(=O)C(F)(F)S(=O)(=O)O. The monoisotopic (exact) mass is 352 g/mol. The Hall–Kier alpha value is -1.69. The van der Waals surface area contributed by atoms with Gasteiger partial charge in [-0.05, 0) is 6.92 Å². The molecule has 12 heteroatoms. The first-order valence-electron chi connectivity index (χ1n) is 5.45. The van der Waals surface area contributed by atoms with E-state index in [0.29, 0.717) is 0 Å². The van der Waals surface area contributed by atoms with E-state index in [0.717, 1.165) is 0 Å². The molecule has 1 unspecified atom stereocenters. The zero-order valence-corrected chi connectivity index (χ0v) is 11.9. The summed E-state index contributed by atoms with van der Waals surface area (Å²) in [4.78, 5) is 22.0. The molecule has 0 spiro atoms. The molecule has 0 aliphatic heterocycles. The number of halogens is 4. The first-order valence-corrected chi connectivity index (χ1v) is 6.89. The first kappa shape index (κ1) is 20.3. The van der Waals surface area contributed by atoms with Crippen LogP contribution in [0.15, 0.2) is 12.2 Å². The molecule has 1 N–H and O–H groups in total. The van der Waals surface area contributed by atoms with Crippen LogP contribution in [0.5, 0.6) is 0 Å². The molecular formula is C10H12F4O7S. The van der Waals surface area contributed by atoms with E-state index >= 15 is 0 Å². The normalized spacial score (nSPS) is 13.6. The van der Waals surface area contributed by atoms with Gasteiger partial charge in [0.1, 0.15) is 12.7 Å². The van der Waals surface area contributed by atoms with Crippen molar-refractivity contribution < 1.29 is 49.6 Å². The highest BCUT2D eigenvalue weighted by atomic mass is 32.2. The fourth-order valence-corrected chi connectivity index (χ4v) is 1.22. The molecule has 0 radical (unpaired) electrons. The van der Waals surface area contributed by atoms with Gasteiger partial charge in [0.2, 0.25) is 6.43 Å². The molecule has 0 aromatic rings. The van der Waals surface area contributed by atoms with E-state index in [9.17, 15) is 35.6 Å². The summed E-state index contributed by atoms with van der Waals surface area (Å²) in [5.41, 5.74) is -0.134. The van der Waals surface area contributed by atoms with E-state index in [-0.39, 0.29) is 5.57 Å². The van der Waals surface area contributed by atoms with E-state index in [1.807, 2.05) is 0 Å². The van der Waals surface area contributed by atoms with Crippen molar-refractivity contribution in [1.29, 1.82) is 0 Å². The van der Waals surface area contributed by atoms with Crippen molar-refractivity contribution in [2.75, 3.05) is 6.61 Å². The van der Waals surface area contributed by atoms with Crippen molar-refractivity contribution in [1.82, 2.24) is 0 Å². The number of rotatable bonds is 8. The molecule has 0 aromatic heterocycles. The fraction of sp³-hybridized carbons (Fsp3) is 0.600. The molecule has 7 nitrogen and oxygen atoms in total. The zero-order valence-electron chi connectivity index (χ0n) is 11.1. The topological polar surface area (TPSA) is 107 Å². The molecule has 0 aliphatic carbocycles. The van der Waals surface area contributed by atoms with Crippen molar-refractivity contribution in [3.05, 3.63) is 12.2 Å². The summed E-state index contributed by atoms with van der Waals surface area (Å²) >= 11 is 0. The van der Waals surface area contributed by atoms with Crippen LogP contribution in [0.3, 0.4) is 0 Å². The summed E-state index contributed by atoms with van der Waals surface area (Å²) in [5.74, 6) is -3.83. The maximum Gasteiger partial charge on any atom is 0.465 e. The van der Waals surface area contributed by atoms with Gasteiger partial charge in [-0.2, -0.15) is 17.2 Å². The molecule has 0 saturated carbocycles. The molecule has 0 amide bonds. The third kappa shape index (κ3) is 5.97. The summed E-state index contributed by atoms with van der Waals surface area (Å²) < 4.78 is 87.4. The van der Waals surface area contributed by atoms with Gasteiger partial charge < -0.3 is 9.47 Å². The van der Waals surface area contributed by atoms with Crippen LogP contribution in [-0.4, -0.2) is 49.3 Å². The predicted molar refractivity (Wildman–Crippen MR) is 62.8 cm³/mol. The Labute approximate surface area is 122 Å². The van der Waals surface area contributed by atoms with Crippen LogP contribution in [0, 0.1) is 0 Å². The maximum atomic E-state index is 12.9. The van der Waals surface area contributed by atoms with Gasteiger partial charge in [0.25, 0.3) is 0 Å². The largest absolute Gasteiger partial charge is 0.465 e. The summed E-state index contributed by atoms with van der Waals surface area (Å²) in [6, 6.07) is 0.